The predicted octanol–water partition coefficient (Wildman–Crippen LogP) is 2.46. The zero-order valence-corrected chi connectivity index (χ0v) is 14.5. The monoisotopic (exact) mass is 336 g/mol. The molecular weight excluding hydrogens is 316 g/mol. The van der Waals surface area contributed by atoms with Gasteiger partial charge in [-0.2, -0.15) is 0 Å². The summed E-state index contributed by atoms with van der Waals surface area (Å²) in [5.41, 5.74) is -0.191. The van der Waals surface area contributed by atoms with Gasteiger partial charge in [-0.05, 0) is 52.0 Å². The number of benzene rings is 1. The summed E-state index contributed by atoms with van der Waals surface area (Å²) >= 11 is 5.89. The van der Waals surface area contributed by atoms with Crippen LogP contribution in [0.4, 0.5) is 0 Å². The fraction of sp³-hybridized carbons (Fsp3) is 0.438. The number of rotatable bonds is 5. The normalized spacial score (nSPS) is 11.6. The molecule has 0 fully saturated rings. The lowest BCUT2D eigenvalue weighted by atomic mass is 10.1. The minimum atomic E-state index is -0.973. The third-order valence-electron chi connectivity index (χ3n) is 3.28. The number of nitrogens with zero attached hydrogens (tertiary/aromatic N) is 4. The van der Waals surface area contributed by atoms with Crippen molar-refractivity contribution in [3.8, 4) is 5.69 Å². The van der Waals surface area contributed by atoms with Gasteiger partial charge in [0.05, 0.1) is 11.3 Å². The fourth-order valence-corrected chi connectivity index (χ4v) is 2.37. The van der Waals surface area contributed by atoms with Crippen LogP contribution in [0.15, 0.2) is 24.3 Å². The second-order valence-corrected chi connectivity index (χ2v) is 6.44. The van der Waals surface area contributed by atoms with E-state index in [-0.39, 0.29) is 18.3 Å². The zero-order valence-electron chi connectivity index (χ0n) is 13.7. The number of aliphatic hydroxyl groups is 1. The van der Waals surface area contributed by atoms with E-state index in [2.05, 4.69) is 10.1 Å². The van der Waals surface area contributed by atoms with Crippen LogP contribution in [0, 0.1) is 6.92 Å². The molecule has 0 saturated carbocycles. The molecule has 0 unspecified atom stereocenters. The van der Waals surface area contributed by atoms with Gasteiger partial charge in [0.1, 0.15) is 5.82 Å². The molecule has 0 atom stereocenters. The van der Waals surface area contributed by atoms with Gasteiger partial charge in [-0.15, -0.1) is 5.10 Å². The first kappa shape index (κ1) is 17.4. The Morgan fingerprint density at radius 1 is 1.35 bits per heavy atom. The molecule has 124 valence electrons. The van der Waals surface area contributed by atoms with E-state index in [1.807, 2.05) is 19.1 Å². The van der Waals surface area contributed by atoms with Crippen molar-refractivity contribution in [2.45, 2.75) is 33.3 Å². The molecule has 7 heteroatoms. The van der Waals surface area contributed by atoms with E-state index >= 15 is 0 Å². The van der Waals surface area contributed by atoms with Gasteiger partial charge in [0.15, 0.2) is 0 Å². The van der Waals surface area contributed by atoms with E-state index < -0.39 is 5.60 Å². The highest BCUT2D eigenvalue weighted by Crippen LogP contribution is 2.15. The third-order valence-corrected chi connectivity index (χ3v) is 3.53. The van der Waals surface area contributed by atoms with E-state index in [9.17, 15) is 9.90 Å². The molecular formula is C16H21ClN4O2. The molecule has 1 aromatic carbocycles. The van der Waals surface area contributed by atoms with Crippen molar-refractivity contribution in [1.29, 1.82) is 0 Å². The summed E-state index contributed by atoms with van der Waals surface area (Å²) in [5.74, 6) is 0.420. The van der Waals surface area contributed by atoms with E-state index in [0.717, 1.165) is 5.69 Å². The van der Waals surface area contributed by atoms with Gasteiger partial charge in [0.25, 0.3) is 5.91 Å². The first-order valence-electron chi connectivity index (χ1n) is 7.42. The number of hydrogen-bond acceptors (Lipinski definition) is 4. The van der Waals surface area contributed by atoms with Crippen LogP contribution in [-0.4, -0.2) is 49.4 Å². The summed E-state index contributed by atoms with van der Waals surface area (Å²) in [5, 5.41) is 14.9. The van der Waals surface area contributed by atoms with Crippen molar-refractivity contribution in [3.63, 3.8) is 0 Å². The van der Waals surface area contributed by atoms with Crippen LogP contribution in [0.2, 0.25) is 5.02 Å². The Balaban J connectivity index is 2.29. The summed E-state index contributed by atoms with van der Waals surface area (Å²) in [6.07, 6.45) is 0. The zero-order chi connectivity index (χ0) is 17.2. The highest BCUT2D eigenvalue weighted by molar-refractivity contribution is 6.30. The molecule has 2 aromatic rings. The van der Waals surface area contributed by atoms with E-state index in [1.54, 1.807) is 37.6 Å². The number of aryl methyl sites for hydroxylation is 1. The van der Waals surface area contributed by atoms with Gasteiger partial charge in [0.2, 0.25) is 5.82 Å². The summed E-state index contributed by atoms with van der Waals surface area (Å²) in [6, 6.07) is 7.14. The highest BCUT2D eigenvalue weighted by atomic mass is 35.5. The molecule has 0 saturated heterocycles. The Hall–Kier alpha value is -1.92. The maximum absolute atomic E-state index is 12.6. The highest BCUT2D eigenvalue weighted by Gasteiger charge is 2.25. The number of halogens is 1. The van der Waals surface area contributed by atoms with Gasteiger partial charge in [-0.3, -0.25) is 4.79 Å². The number of amides is 1. The molecule has 1 N–H and O–H groups in total. The van der Waals surface area contributed by atoms with E-state index in [4.69, 9.17) is 11.6 Å². The molecule has 0 bridgehead atoms. The van der Waals surface area contributed by atoms with Crippen molar-refractivity contribution < 1.29 is 9.90 Å². The quantitative estimate of drug-likeness (QED) is 0.910. The summed E-state index contributed by atoms with van der Waals surface area (Å²) in [7, 11) is 0. The Bertz CT molecular complexity index is 689. The SMILES string of the molecule is CCN(CC(C)(C)O)C(=O)c1nc(C)n(-c2ccc(Cl)cc2)n1. The second-order valence-electron chi connectivity index (χ2n) is 6.00. The van der Waals surface area contributed by atoms with Crippen LogP contribution in [0.1, 0.15) is 37.2 Å². The number of hydrogen-bond donors (Lipinski definition) is 1. The lowest BCUT2D eigenvalue weighted by Gasteiger charge is -2.27. The van der Waals surface area contributed by atoms with Crippen LogP contribution in [0.3, 0.4) is 0 Å². The topological polar surface area (TPSA) is 71.2 Å². The van der Waals surface area contributed by atoms with Crippen molar-refractivity contribution in [2.24, 2.45) is 0 Å². The minimum Gasteiger partial charge on any atom is -0.389 e. The predicted molar refractivity (Wildman–Crippen MR) is 89.0 cm³/mol. The van der Waals surface area contributed by atoms with Crippen molar-refractivity contribution in [3.05, 3.63) is 40.9 Å². The van der Waals surface area contributed by atoms with Crippen LogP contribution >= 0.6 is 11.6 Å². The molecule has 0 aliphatic heterocycles. The Morgan fingerprint density at radius 2 is 1.96 bits per heavy atom. The van der Waals surface area contributed by atoms with Crippen LogP contribution in [0.25, 0.3) is 5.69 Å². The van der Waals surface area contributed by atoms with Gasteiger partial charge in [-0.25, -0.2) is 9.67 Å². The number of carbonyl (C=O) groups is 1. The molecule has 1 heterocycles. The van der Waals surface area contributed by atoms with E-state index in [0.29, 0.717) is 17.4 Å². The first-order valence-corrected chi connectivity index (χ1v) is 7.80. The van der Waals surface area contributed by atoms with Gasteiger partial charge < -0.3 is 10.0 Å². The molecule has 0 radical (unpaired) electrons. The summed E-state index contributed by atoms with van der Waals surface area (Å²) in [4.78, 5) is 18.3. The fourth-order valence-electron chi connectivity index (χ4n) is 2.24. The van der Waals surface area contributed by atoms with Crippen LogP contribution < -0.4 is 0 Å². The molecule has 2 rings (SSSR count). The largest absolute Gasteiger partial charge is 0.389 e. The standard InChI is InChI=1S/C16H21ClN4O2/c1-5-20(10-16(3,4)23)15(22)14-18-11(2)21(19-14)13-8-6-12(17)7-9-13/h6-9,23H,5,10H2,1-4H3. The molecule has 6 nitrogen and oxygen atoms in total. The minimum absolute atomic E-state index is 0.114. The Morgan fingerprint density at radius 3 is 2.48 bits per heavy atom. The van der Waals surface area contributed by atoms with Gasteiger partial charge in [0, 0.05) is 18.1 Å². The van der Waals surface area contributed by atoms with Crippen molar-refractivity contribution in [1.82, 2.24) is 19.7 Å². The summed E-state index contributed by atoms with van der Waals surface area (Å²) < 4.78 is 1.60. The van der Waals surface area contributed by atoms with Gasteiger partial charge in [-0.1, -0.05) is 11.6 Å². The lowest BCUT2D eigenvalue weighted by molar-refractivity contribution is 0.0308. The van der Waals surface area contributed by atoms with E-state index in [1.165, 1.54) is 4.90 Å². The van der Waals surface area contributed by atoms with Crippen LogP contribution in [0.5, 0.6) is 0 Å². The van der Waals surface area contributed by atoms with Crippen molar-refractivity contribution in [2.75, 3.05) is 13.1 Å². The maximum atomic E-state index is 12.6. The summed E-state index contributed by atoms with van der Waals surface area (Å²) in [6.45, 7) is 7.65. The smallest absolute Gasteiger partial charge is 0.293 e. The second kappa shape index (κ2) is 6.68. The molecule has 0 aliphatic rings. The number of likely N-dealkylation sites (N-methyl/N-ethyl adjacent to an activating group) is 1. The number of aromatic nitrogens is 3. The van der Waals surface area contributed by atoms with Gasteiger partial charge >= 0.3 is 0 Å². The number of carbonyl (C=O) groups excluding carboxylic acids is 1. The van der Waals surface area contributed by atoms with Crippen molar-refractivity contribution >= 4 is 17.5 Å². The Labute approximate surface area is 140 Å². The lowest BCUT2D eigenvalue weighted by Crippen LogP contribution is -2.42. The molecule has 0 aliphatic carbocycles. The average molecular weight is 337 g/mol. The Kier molecular flexibility index (Phi) is 5.06. The maximum Gasteiger partial charge on any atom is 0.293 e. The third kappa shape index (κ3) is 4.30. The van der Waals surface area contributed by atoms with Crippen LogP contribution in [-0.2, 0) is 0 Å². The molecule has 1 aromatic heterocycles. The first-order chi connectivity index (χ1) is 10.7. The molecule has 23 heavy (non-hydrogen) atoms. The molecule has 1 amide bonds. The average Bonchev–Trinajstić information content (AvgIpc) is 2.86. The molecule has 0 spiro atoms.